The molecular weight excluding hydrogens is 402 g/mol. The van der Waals surface area contributed by atoms with E-state index in [-0.39, 0.29) is 12.0 Å². The van der Waals surface area contributed by atoms with Gasteiger partial charge in [-0.1, -0.05) is 38.3 Å². The first-order valence-electron chi connectivity index (χ1n) is 11.5. The Morgan fingerprint density at radius 3 is 2.44 bits per heavy atom. The lowest BCUT2D eigenvalue weighted by atomic mass is 10.2. The van der Waals surface area contributed by atoms with Gasteiger partial charge in [-0.15, -0.1) is 0 Å². The van der Waals surface area contributed by atoms with E-state index in [1.54, 1.807) is 0 Å². The van der Waals surface area contributed by atoms with Crippen LogP contribution in [-0.2, 0) is 4.74 Å². The van der Waals surface area contributed by atoms with Crippen LogP contribution in [0.3, 0.4) is 0 Å². The molecule has 0 spiro atoms. The molecule has 1 aliphatic heterocycles. The van der Waals surface area contributed by atoms with Crippen LogP contribution in [0.2, 0.25) is 0 Å². The standard InChI is InChI=1S/C25H35N5O2/c1-4-6-7-10-17-32-25(31)28-24(26)19-13-15-20(16-14-19)27-18-23-29(3)21-11-8-9-12-22(21)30(23)5-2/h8-9,11-16,23,27H,4-7,10,17-18H2,1-3H3,(H2,26,28,31). The molecule has 0 fully saturated rings. The van der Waals surface area contributed by atoms with Crippen molar-refractivity contribution in [1.29, 1.82) is 5.41 Å². The van der Waals surface area contributed by atoms with Crippen LogP contribution in [0.15, 0.2) is 48.5 Å². The first-order chi connectivity index (χ1) is 15.5. The predicted octanol–water partition coefficient (Wildman–Crippen LogP) is 5.03. The van der Waals surface area contributed by atoms with Crippen molar-refractivity contribution in [2.24, 2.45) is 0 Å². The number of likely N-dealkylation sites (N-methyl/N-ethyl adjacent to an activating group) is 2. The van der Waals surface area contributed by atoms with Crippen molar-refractivity contribution in [3.05, 3.63) is 54.1 Å². The minimum atomic E-state index is -0.572. The van der Waals surface area contributed by atoms with Crippen molar-refractivity contribution in [2.45, 2.75) is 45.7 Å². The lowest BCUT2D eigenvalue weighted by Gasteiger charge is -2.30. The first kappa shape index (κ1) is 23.4. The summed E-state index contributed by atoms with van der Waals surface area (Å²) in [5.74, 6) is 0.0400. The highest BCUT2D eigenvalue weighted by Crippen LogP contribution is 2.38. The fourth-order valence-corrected chi connectivity index (χ4v) is 4.03. The minimum absolute atomic E-state index is 0.0400. The number of alkyl carbamates (subject to hydrolysis) is 1. The number of nitrogens with one attached hydrogen (secondary N) is 3. The van der Waals surface area contributed by atoms with E-state index in [9.17, 15) is 4.79 Å². The Labute approximate surface area is 191 Å². The first-order valence-corrected chi connectivity index (χ1v) is 11.5. The van der Waals surface area contributed by atoms with Crippen molar-refractivity contribution in [3.63, 3.8) is 0 Å². The van der Waals surface area contributed by atoms with Crippen molar-refractivity contribution >= 4 is 29.0 Å². The van der Waals surface area contributed by atoms with Crippen LogP contribution in [0.4, 0.5) is 21.9 Å². The number of ether oxygens (including phenoxy) is 1. The van der Waals surface area contributed by atoms with Crippen LogP contribution in [-0.4, -0.2) is 44.8 Å². The SMILES string of the molecule is CCCCCCOC(=O)NC(=N)c1ccc(NCC2N(C)c3ccccc3N2CC)cc1. The number of hydrogen-bond donors (Lipinski definition) is 3. The largest absolute Gasteiger partial charge is 0.449 e. The molecule has 32 heavy (non-hydrogen) atoms. The van der Waals surface area contributed by atoms with Crippen molar-refractivity contribution in [2.75, 3.05) is 41.9 Å². The fourth-order valence-electron chi connectivity index (χ4n) is 4.03. The molecule has 0 bridgehead atoms. The van der Waals surface area contributed by atoms with Gasteiger partial charge in [0.15, 0.2) is 0 Å². The van der Waals surface area contributed by atoms with E-state index in [0.29, 0.717) is 12.2 Å². The average molecular weight is 438 g/mol. The summed E-state index contributed by atoms with van der Waals surface area (Å²) in [6, 6.07) is 16.0. The molecule has 0 saturated heterocycles. The zero-order valence-corrected chi connectivity index (χ0v) is 19.4. The van der Waals surface area contributed by atoms with Gasteiger partial charge < -0.3 is 19.9 Å². The third-order valence-corrected chi connectivity index (χ3v) is 5.84. The molecule has 0 aliphatic carbocycles. The zero-order valence-electron chi connectivity index (χ0n) is 19.4. The minimum Gasteiger partial charge on any atom is -0.449 e. The highest BCUT2D eigenvalue weighted by molar-refractivity contribution is 6.04. The third-order valence-electron chi connectivity index (χ3n) is 5.84. The molecule has 172 valence electrons. The molecule has 7 heteroatoms. The fraction of sp³-hybridized carbons (Fsp3) is 0.440. The molecule has 1 heterocycles. The Bertz CT molecular complexity index is 899. The van der Waals surface area contributed by atoms with E-state index in [1.165, 1.54) is 11.4 Å². The quantitative estimate of drug-likeness (QED) is 0.276. The molecule has 2 aromatic rings. The third kappa shape index (κ3) is 5.72. The number of carbonyl (C=O) groups is 1. The van der Waals surface area contributed by atoms with Crippen LogP contribution in [0, 0.1) is 5.41 Å². The van der Waals surface area contributed by atoms with Crippen LogP contribution in [0.1, 0.15) is 45.1 Å². The maximum atomic E-state index is 11.9. The number of para-hydroxylation sites is 2. The van der Waals surface area contributed by atoms with Crippen LogP contribution in [0.25, 0.3) is 0 Å². The second kappa shape index (κ2) is 11.4. The van der Waals surface area contributed by atoms with E-state index >= 15 is 0 Å². The number of nitrogens with zero attached hydrogens (tertiary/aromatic N) is 2. The molecule has 1 atom stereocenters. The van der Waals surface area contributed by atoms with Crippen LogP contribution < -0.4 is 20.4 Å². The van der Waals surface area contributed by atoms with Gasteiger partial charge in [0.2, 0.25) is 0 Å². The molecule has 0 saturated carbocycles. The molecule has 2 aromatic carbocycles. The van der Waals surface area contributed by atoms with Gasteiger partial charge in [-0.25, -0.2) is 4.79 Å². The molecule has 1 amide bonds. The lowest BCUT2D eigenvalue weighted by molar-refractivity contribution is 0.149. The van der Waals surface area contributed by atoms with E-state index < -0.39 is 6.09 Å². The van der Waals surface area contributed by atoms with Gasteiger partial charge in [-0.05, 0) is 49.7 Å². The maximum Gasteiger partial charge on any atom is 0.412 e. The summed E-state index contributed by atoms with van der Waals surface area (Å²) in [7, 11) is 2.12. The summed E-state index contributed by atoms with van der Waals surface area (Å²) in [5.41, 5.74) is 4.12. The molecule has 0 radical (unpaired) electrons. The number of amidine groups is 1. The number of carbonyl (C=O) groups excluding carboxylic acids is 1. The normalized spacial score (nSPS) is 14.8. The highest BCUT2D eigenvalue weighted by Gasteiger charge is 2.31. The molecule has 0 aromatic heterocycles. The monoisotopic (exact) mass is 437 g/mol. The van der Waals surface area contributed by atoms with Crippen molar-refractivity contribution < 1.29 is 9.53 Å². The molecular formula is C25H35N5O2. The van der Waals surface area contributed by atoms with Gasteiger partial charge >= 0.3 is 6.09 Å². The Morgan fingerprint density at radius 2 is 1.75 bits per heavy atom. The number of rotatable bonds is 10. The summed E-state index contributed by atoms with van der Waals surface area (Å²) in [5, 5.41) is 14.1. The summed E-state index contributed by atoms with van der Waals surface area (Å²) < 4.78 is 5.14. The van der Waals surface area contributed by atoms with Crippen molar-refractivity contribution in [1.82, 2.24) is 5.32 Å². The molecule has 3 N–H and O–H groups in total. The van der Waals surface area contributed by atoms with Crippen LogP contribution >= 0.6 is 0 Å². The van der Waals surface area contributed by atoms with Crippen molar-refractivity contribution in [3.8, 4) is 0 Å². The second-order valence-corrected chi connectivity index (χ2v) is 8.02. The number of amides is 1. The molecule has 1 aliphatic rings. The second-order valence-electron chi connectivity index (χ2n) is 8.02. The number of unbranched alkanes of at least 4 members (excludes halogenated alkanes) is 3. The van der Waals surface area contributed by atoms with E-state index in [2.05, 4.69) is 65.6 Å². The number of hydrogen-bond acceptors (Lipinski definition) is 6. The summed E-state index contributed by atoms with van der Waals surface area (Å²) in [6.45, 7) is 6.40. The van der Waals surface area contributed by atoms with Gasteiger partial charge in [-0.2, -0.15) is 0 Å². The number of fused-ring (bicyclic) bond motifs is 1. The van der Waals surface area contributed by atoms with Gasteiger partial charge in [0.05, 0.1) is 24.5 Å². The predicted molar refractivity (Wildman–Crippen MR) is 132 cm³/mol. The maximum absolute atomic E-state index is 11.9. The number of benzene rings is 2. The Morgan fingerprint density at radius 1 is 1.03 bits per heavy atom. The molecule has 7 nitrogen and oxygen atoms in total. The van der Waals surface area contributed by atoms with E-state index in [4.69, 9.17) is 10.1 Å². The zero-order chi connectivity index (χ0) is 22.9. The smallest absolute Gasteiger partial charge is 0.412 e. The topological polar surface area (TPSA) is 80.7 Å². The Balaban J connectivity index is 1.48. The highest BCUT2D eigenvalue weighted by atomic mass is 16.5. The van der Waals surface area contributed by atoms with E-state index in [1.807, 2.05) is 24.3 Å². The lowest BCUT2D eigenvalue weighted by Crippen LogP contribution is -2.46. The van der Waals surface area contributed by atoms with Crippen LogP contribution in [0.5, 0.6) is 0 Å². The Kier molecular flexibility index (Phi) is 8.36. The van der Waals surface area contributed by atoms with Gasteiger partial charge in [-0.3, -0.25) is 10.7 Å². The summed E-state index contributed by atoms with van der Waals surface area (Å²) in [4.78, 5) is 16.6. The van der Waals surface area contributed by atoms with Gasteiger partial charge in [0.25, 0.3) is 0 Å². The molecule has 1 unspecified atom stereocenters. The molecule has 3 rings (SSSR count). The summed E-state index contributed by atoms with van der Waals surface area (Å²) in [6.07, 6.45) is 3.84. The van der Waals surface area contributed by atoms with E-state index in [0.717, 1.165) is 44.5 Å². The summed E-state index contributed by atoms with van der Waals surface area (Å²) >= 11 is 0. The average Bonchev–Trinajstić information content (AvgIpc) is 3.08. The van der Waals surface area contributed by atoms with Gasteiger partial charge in [0, 0.05) is 24.8 Å². The van der Waals surface area contributed by atoms with Gasteiger partial charge in [0.1, 0.15) is 12.0 Å². The Hall–Kier alpha value is -3.22. The number of anilines is 3.